The Morgan fingerprint density at radius 3 is 2.55 bits per heavy atom. The number of nitrogens with zero attached hydrogens (tertiary/aromatic N) is 4. The molecule has 2 aromatic rings. The number of nitrogens with one attached hydrogen (secondary N) is 2. The standard InChI is InChI=1S/C21H34N6O.HI/c1-4-21(5-2,10-11-28)15-25-20(23-6-3)24-13-18-8-7-9-19(12-18)14-27-17-22-16-26-27;/h7-9,12,16-17,28H,4-6,10-11,13-15H2,1-3H3,(H2,23,24,25);1H. The van der Waals surface area contributed by atoms with E-state index >= 15 is 0 Å². The molecule has 0 aliphatic heterocycles. The first-order valence-electron chi connectivity index (χ1n) is 10.2. The molecule has 0 fully saturated rings. The second kappa shape index (κ2) is 13.5. The molecular weight excluding hydrogens is 479 g/mol. The van der Waals surface area contributed by atoms with Crippen LogP contribution in [-0.4, -0.2) is 45.5 Å². The molecule has 0 saturated carbocycles. The summed E-state index contributed by atoms with van der Waals surface area (Å²) in [6.07, 6.45) is 6.13. The lowest BCUT2D eigenvalue weighted by Gasteiger charge is -2.32. The molecule has 1 aromatic carbocycles. The van der Waals surface area contributed by atoms with Gasteiger partial charge in [0.05, 0.1) is 13.1 Å². The van der Waals surface area contributed by atoms with Crippen LogP contribution in [0.2, 0.25) is 0 Å². The van der Waals surface area contributed by atoms with Gasteiger partial charge in [0.1, 0.15) is 12.7 Å². The molecular formula is C21H35IN6O. The van der Waals surface area contributed by atoms with E-state index in [9.17, 15) is 5.11 Å². The summed E-state index contributed by atoms with van der Waals surface area (Å²) in [6, 6.07) is 8.39. The van der Waals surface area contributed by atoms with E-state index in [-0.39, 0.29) is 36.0 Å². The average molecular weight is 514 g/mol. The summed E-state index contributed by atoms with van der Waals surface area (Å²) < 4.78 is 1.81. The number of halogens is 1. The van der Waals surface area contributed by atoms with Crippen LogP contribution >= 0.6 is 24.0 Å². The van der Waals surface area contributed by atoms with Crippen molar-refractivity contribution in [3.63, 3.8) is 0 Å². The van der Waals surface area contributed by atoms with Crippen molar-refractivity contribution in [3.8, 4) is 0 Å². The molecule has 0 aliphatic rings. The quantitative estimate of drug-likeness (QED) is 0.244. The number of rotatable bonds is 11. The summed E-state index contributed by atoms with van der Waals surface area (Å²) in [4.78, 5) is 8.74. The first-order valence-corrected chi connectivity index (χ1v) is 10.2. The summed E-state index contributed by atoms with van der Waals surface area (Å²) in [5.74, 6) is 0.813. The summed E-state index contributed by atoms with van der Waals surface area (Å²) in [5.41, 5.74) is 2.43. The fraction of sp³-hybridized carbons (Fsp3) is 0.571. The van der Waals surface area contributed by atoms with E-state index < -0.39 is 0 Å². The van der Waals surface area contributed by atoms with E-state index in [2.05, 4.69) is 65.8 Å². The molecule has 1 aromatic heterocycles. The first-order chi connectivity index (χ1) is 13.6. The minimum atomic E-state index is 0. The smallest absolute Gasteiger partial charge is 0.191 e. The monoisotopic (exact) mass is 514 g/mol. The molecule has 0 amide bonds. The van der Waals surface area contributed by atoms with Crippen LogP contribution in [0.15, 0.2) is 41.9 Å². The zero-order valence-corrected chi connectivity index (χ0v) is 20.1. The lowest BCUT2D eigenvalue weighted by Crippen LogP contribution is -2.43. The number of guanidine groups is 1. The minimum absolute atomic E-state index is 0. The van der Waals surface area contributed by atoms with Gasteiger partial charge in [-0.25, -0.2) is 14.7 Å². The van der Waals surface area contributed by atoms with Crippen molar-refractivity contribution >= 4 is 29.9 Å². The van der Waals surface area contributed by atoms with Crippen molar-refractivity contribution in [2.45, 2.75) is 53.1 Å². The van der Waals surface area contributed by atoms with Gasteiger partial charge in [0.15, 0.2) is 5.96 Å². The Balaban J connectivity index is 0.00000420. The van der Waals surface area contributed by atoms with Crippen LogP contribution in [0.3, 0.4) is 0 Å². The van der Waals surface area contributed by atoms with E-state index in [1.807, 2.05) is 4.68 Å². The first kappa shape index (κ1) is 25.4. The number of aromatic nitrogens is 3. The highest BCUT2D eigenvalue weighted by molar-refractivity contribution is 14.0. The van der Waals surface area contributed by atoms with Gasteiger partial charge >= 0.3 is 0 Å². The lowest BCUT2D eigenvalue weighted by atomic mass is 9.79. The molecule has 0 atom stereocenters. The molecule has 0 saturated heterocycles. The molecule has 162 valence electrons. The van der Waals surface area contributed by atoms with E-state index in [1.165, 1.54) is 5.56 Å². The third kappa shape index (κ3) is 8.30. The maximum absolute atomic E-state index is 9.42. The predicted molar refractivity (Wildman–Crippen MR) is 129 cm³/mol. The van der Waals surface area contributed by atoms with Gasteiger partial charge in [0, 0.05) is 19.7 Å². The highest BCUT2D eigenvalue weighted by atomic mass is 127. The van der Waals surface area contributed by atoms with Gasteiger partial charge in [-0.2, -0.15) is 5.10 Å². The van der Waals surface area contributed by atoms with Crippen LogP contribution in [0.1, 0.15) is 51.2 Å². The minimum Gasteiger partial charge on any atom is -0.396 e. The summed E-state index contributed by atoms with van der Waals surface area (Å²) in [6.45, 7) is 9.57. The van der Waals surface area contributed by atoms with Crippen molar-refractivity contribution in [1.82, 2.24) is 25.4 Å². The lowest BCUT2D eigenvalue weighted by molar-refractivity contribution is 0.169. The fourth-order valence-corrected chi connectivity index (χ4v) is 3.29. The normalized spacial score (nSPS) is 11.8. The van der Waals surface area contributed by atoms with Crippen LogP contribution in [0.5, 0.6) is 0 Å². The van der Waals surface area contributed by atoms with E-state index in [1.54, 1.807) is 12.7 Å². The van der Waals surface area contributed by atoms with Crippen molar-refractivity contribution in [2.24, 2.45) is 10.4 Å². The van der Waals surface area contributed by atoms with Crippen molar-refractivity contribution < 1.29 is 5.11 Å². The number of hydrogen-bond donors (Lipinski definition) is 3. The maximum Gasteiger partial charge on any atom is 0.191 e. The molecule has 0 radical (unpaired) electrons. The molecule has 2 rings (SSSR count). The van der Waals surface area contributed by atoms with Gasteiger partial charge in [0.25, 0.3) is 0 Å². The van der Waals surface area contributed by atoms with Gasteiger partial charge in [0.2, 0.25) is 0 Å². The Labute approximate surface area is 191 Å². The Bertz CT molecular complexity index is 716. The topological polar surface area (TPSA) is 87.4 Å². The molecule has 0 bridgehead atoms. The predicted octanol–water partition coefficient (Wildman–Crippen LogP) is 3.19. The highest BCUT2D eigenvalue weighted by Gasteiger charge is 2.25. The van der Waals surface area contributed by atoms with E-state index in [0.717, 1.165) is 43.9 Å². The Morgan fingerprint density at radius 1 is 1.17 bits per heavy atom. The SMILES string of the molecule is CCNC(=NCc1cccc(Cn2cncn2)c1)NCC(CC)(CC)CCO.I. The van der Waals surface area contributed by atoms with Crippen LogP contribution < -0.4 is 10.6 Å². The third-order valence-electron chi connectivity index (χ3n) is 5.34. The molecule has 0 spiro atoms. The van der Waals surface area contributed by atoms with Crippen LogP contribution in [0.25, 0.3) is 0 Å². The van der Waals surface area contributed by atoms with E-state index in [4.69, 9.17) is 4.99 Å². The number of aliphatic imine (C=N–C) groups is 1. The van der Waals surface area contributed by atoms with Gasteiger partial charge < -0.3 is 15.7 Å². The molecule has 1 heterocycles. The van der Waals surface area contributed by atoms with Gasteiger partial charge in [-0.1, -0.05) is 38.1 Å². The van der Waals surface area contributed by atoms with Crippen molar-refractivity contribution in [3.05, 3.63) is 48.0 Å². The van der Waals surface area contributed by atoms with Gasteiger partial charge in [-0.15, -0.1) is 24.0 Å². The zero-order valence-electron chi connectivity index (χ0n) is 17.8. The second-order valence-electron chi connectivity index (χ2n) is 7.14. The second-order valence-corrected chi connectivity index (χ2v) is 7.14. The molecule has 8 heteroatoms. The number of hydrogen-bond acceptors (Lipinski definition) is 4. The van der Waals surface area contributed by atoms with Gasteiger partial charge in [-0.05, 0) is 42.7 Å². The third-order valence-corrected chi connectivity index (χ3v) is 5.34. The Hall–Kier alpha value is -1.68. The van der Waals surface area contributed by atoms with Crippen molar-refractivity contribution in [2.75, 3.05) is 19.7 Å². The highest BCUT2D eigenvalue weighted by Crippen LogP contribution is 2.29. The largest absolute Gasteiger partial charge is 0.396 e. The Morgan fingerprint density at radius 2 is 1.93 bits per heavy atom. The number of aliphatic hydroxyl groups is 1. The summed E-state index contributed by atoms with van der Waals surface area (Å²) in [7, 11) is 0. The molecule has 3 N–H and O–H groups in total. The molecule has 0 aliphatic carbocycles. The molecule has 7 nitrogen and oxygen atoms in total. The summed E-state index contributed by atoms with van der Waals surface area (Å²) in [5, 5.41) is 20.4. The fourth-order valence-electron chi connectivity index (χ4n) is 3.29. The Kier molecular flexibility index (Phi) is 11.8. The number of benzene rings is 1. The molecule has 0 unspecified atom stereocenters. The van der Waals surface area contributed by atoms with Crippen LogP contribution in [0.4, 0.5) is 0 Å². The molecule has 29 heavy (non-hydrogen) atoms. The van der Waals surface area contributed by atoms with E-state index in [0.29, 0.717) is 13.1 Å². The zero-order chi connectivity index (χ0) is 20.2. The van der Waals surface area contributed by atoms with Crippen LogP contribution in [-0.2, 0) is 13.1 Å². The van der Waals surface area contributed by atoms with Crippen LogP contribution in [0, 0.1) is 5.41 Å². The van der Waals surface area contributed by atoms with Gasteiger partial charge in [-0.3, -0.25) is 0 Å². The maximum atomic E-state index is 9.42. The number of aliphatic hydroxyl groups excluding tert-OH is 1. The van der Waals surface area contributed by atoms with Crippen molar-refractivity contribution in [1.29, 1.82) is 0 Å². The summed E-state index contributed by atoms with van der Waals surface area (Å²) >= 11 is 0. The average Bonchev–Trinajstić information content (AvgIpc) is 3.22.